The second-order valence-corrected chi connectivity index (χ2v) is 8.15. The average Bonchev–Trinajstić information content (AvgIpc) is 2.78. The topological polar surface area (TPSA) is 93.7 Å². The molecule has 2 aliphatic rings. The summed E-state index contributed by atoms with van der Waals surface area (Å²) in [4.78, 5) is 8.26. The number of hydrogen-bond donors (Lipinski definition) is 1. The molecule has 1 N–H and O–H groups in total. The summed E-state index contributed by atoms with van der Waals surface area (Å²) in [5.41, 5.74) is -0.552. The van der Waals surface area contributed by atoms with Gasteiger partial charge < -0.3 is 14.8 Å². The van der Waals surface area contributed by atoms with E-state index in [4.69, 9.17) is 9.47 Å². The van der Waals surface area contributed by atoms with Crippen molar-refractivity contribution in [2.45, 2.75) is 12.0 Å². The first-order valence-electron chi connectivity index (χ1n) is 7.65. The Balaban J connectivity index is 1.60. The van der Waals surface area contributed by atoms with Gasteiger partial charge in [-0.15, -0.1) is 0 Å². The van der Waals surface area contributed by atoms with Gasteiger partial charge in [0.25, 0.3) is 0 Å². The van der Waals surface area contributed by atoms with E-state index < -0.39 is 15.6 Å². The molecule has 2 atom stereocenters. The third-order valence-corrected chi connectivity index (χ3v) is 5.43. The van der Waals surface area contributed by atoms with Crippen molar-refractivity contribution in [1.82, 2.24) is 14.3 Å². The van der Waals surface area contributed by atoms with Gasteiger partial charge in [0.15, 0.2) is 0 Å². The predicted octanol–water partition coefficient (Wildman–Crippen LogP) is -0.0444. The fourth-order valence-electron chi connectivity index (χ4n) is 3.06. The van der Waals surface area contributed by atoms with Crippen LogP contribution >= 0.6 is 0 Å². The summed E-state index contributed by atoms with van der Waals surface area (Å²) in [6.45, 7) is 2.82. The molecule has 0 amide bonds. The first-order chi connectivity index (χ1) is 11.0. The molecule has 9 heteroatoms. The molecule has 0 aliphatic carbocycles. The first-order valence-corrected chi connectivity index (χ1v) is 9.49. The molecule has 1 aromatic rings. The van der Waals surface area contributed by atoms with Gasteiger partial charge in [0.1, 0.15) is 5.60 Å². The van der Waals surface area contributed by atoms with Crippen molar-refractivity contribution in [1.29, 1.82) is 0 Å². The van der Waals surface area contributed by atoms with E-state index in [2.05, 4.69) is 15.3 Å². The summed E-state index contributed by atoms with van der Waals surface area (Å²) in [6.07, 6.45) is 5.35. The van der Waals surface area contributed by atoms with Crippen LogP contribution in [0.4, 0.5) is 5.95 Å². The van der Waals surface area contributed by atoms with E-state index in [0.717, 1.165) is 6.42 Å². The predicted molar refractivity (Wildman–Crippen MR) is 84.5 cm³/mol. The van der Waals surface area contributed by atoms with E-state index >= 15 is 0 Å². The van der Waals surface area contributed by atoms with E-state index in [9.17, 15) is 8.42 Å². The van der Waals surface area contributed by atoms with Gasteiger partial charge >= 0.3 is 0 Å². The highest BCUT2D eigenvalue weighted by atomic mass is 32.2. The standard InChI is InChI=1S/C14H22N4O4S/c1-23(19,20)18-5-6-21-11-14(10-18)7-12(9-22-14)8-17-13-15-3-2-4-16-13/h2-4,12H,5-11H2,1H3,(H,15,16,17). The van der Waals surface area contributed by atoms with Crippen molar-refractivity contribution in [3.8, 4) is 0 Å². The van der Waals surface area contributed by atoms with E-state index in [1.54, 1.807) is 18.5 Å². The molecule has 0 saturated carbocycles. The molecule has 23 heavy (non-hydrogen) atoms. The molecular formula is C14H22N4O4S. The SMILES string of the molecule is CS(=O)(=O)N1CCOCC2(CC(CNc3ncccn3)CO2)C1. The van der Waals surface area contributed by atoms with Gasteiger partial charge in [0.05, 0.1) is 26.1 Å². The lowest BCUT2D eigenvalue weighted by molar-refractivity contribution is -0.0511. The normalized spacial score (nSPS) is 29.5. The number of ether oxygens (including phenoxy) is 2. The Labute approximate surface area is 136 Å². The molecule has 0 radical (unpaired) electrons. The molecule has 8 nitrogen and oxygen atoms in total. The Kier molecular flexibility index (Phi) is 4.81. The van der Waals surface area contributed by atoms with Crippen LogP contribution in [0.25, 0.3) is 0 Å². The van der Waals surface area contributed by atoms with Crippen LogP contribution < -0.4 is 5.32 Å². The van der Waals surface area contributed by atoms with Gasteiger partial charge in [-0.25, -0.2) is 18.4 Å². The van der Waals surface area contributed by atoms with Crippen molar-refractivity contribution in [2.75, 3.05) is 51.0 Å². The van der Waals surface area contributed by atoms with E-state index in [-0.39, 0.29) is 5.92 Å². The maximum absolute atomic E-state index is 11.9. The molecule has 2 saturated heterocycles. The average molecular weight is 342 g/mol. The minimum absolute atomic E-state index is 0.266. The van der Waals surface area contributed by atoms with Crippen LogP contribution in [0.2, 0.25) is 0 Å². The summed E-state index contributed by atoms with van der Waals surface area (Å²) in [5.74, 6) is 0.852. The second kappa shape index (κ2) is 6.68. The lowest BCUT2D eigenvalue weighted by atomic mass is 9.95. The van der Waals surface area contributed by atoms with Crippen LogP contribution in [0.3, 0.4) is 0 Å². The van der Waals surface area contributed by atoms with Gasteiger partial charge in [0.2, 0.25) is 16.0 Å². The number of anilines is 1. The number of nitrogens with zero attached hydrogens (tertiary/aromatic N) is 3. The van der Waals surface area contributed by atoms with Gasteiger partial charge in [-0.3, -0.25) is 0 Å². The quantitative estimate of drug-likeness (QED) is 0.820. The monoisotopic (exact) mass is 342 g/mol. The lowest BCUT2D eigenvalue weighted by Gasteiger charge is -2.29. The molecule has 2 fully saturated rings. The van der Waals surface area contributed by atoms with Crippen LogP contribution in [0.1, 0.15) is 6.42 Å². The Morgan fingerprint density at radius 3 is 2.96 bits per heavy atom. The van der Waals surface area contributed by atoms with E-state index in [1.807, 2.05) is 0 Å². The fraction of sp³-hybridized carbons (Fsp3) is 0.714. The zero-order valence-electron chi connectivity index (χ0n) is 13.1. The number of sulfonamides is 1. The van der Waals surface area contributed by atoms with Crippen molar-refractivity contribution < 1.29 is 17.9 Å². The minimum Gasteiger partial charge on any atom is -0.377 e. The van der Waals surface area contributed by atoms with Crippen LogP contribution in [0.5, 0.6) is 0 Å². The van der Waals surface area contributed by atoms with Crippen LogP contribution in [-0.4, -0.2) is 74.0 Å². The zero-order chi connectivity index (χ0) is 16.3. The van der Waals surface area contributed by atoms with E-state index in [0.29, 0.717) is 45.4 Å². The molecule has 1 spiro atoms. The third-order valence-electron chi connectivity index (χ3n) is 4.18. The van der Waals surface area contributed by atoms with Crippen molar-refractivity contribution in [3.63, 3.8) is 0 Å². The molecular weight excluding hydrogens is 320 g/mol. The zero-order valence-corrected chi connectivity index (χ0v) is 14.0. The Bertz CT molecular complexity index is 627. The molecule has 2 unspecified atom stereocenters. The maximum atomic E-state index is 11.9. The van der Waals surface area contributed by atoms with E-state index in [1.165, 1.54) is 10.6 Å². The van der Waals surface area contributed by atoms with Crippen molar-refractivity contribution >= 4 is 16.0 Å². The molecule has 3 heterocycles. The highest BCUT2D eigenvalue weighted by Crippen LogP contribution is 2.33. The smallest absolute Gasteiger partial charge is 0.222 e. The van der Waals surface area contributed by atoms with Gasteiger partial charge in [-0.2, -0.15) is 4.31 Å². The van der Waals surface area contributed by atoms with Crippen LogP contribution in [0.15, 0.2) is 18.5 Å². The molecule has 2 aliphatic heterocycles. The Hall–Kier alpha value is -1.29. The molecule has 0 aromatic carbocycles. The Morgan fingerprint density at radius 1 is 1.43 bits per heavy atom. The number of aromatic nitrogens is 2. The second-order valence-electron chi connectivity index (χ2n) is 6.17. The summed E-state index contributed by atoms with van der Waals surface area (Å²) in [6, 6.07) is 1.77. The molecule has 1 aromatic heterocycles. The highest BCUT2D eigenvalue weighted by Gasteiger charge is 2.44. The molecule has 128 valence electrons. The summed E-state index contributed by atoms with van der Waals surface area (Å²) < 4.78 is 36.7. The highest BCUT2D eigenvalue weighted by molar-refractivity contribution is 7.88. The van der Waals surface area contributed by atoms with Gasteiger partial charge in [-0.05, 0) is 12.5 Å². The fourth-order valence-corrected chi connectivity index (χ4v) is 3.94. The minimum atomic E-state index is -3.25. The Morgan fingerprint density at radius 2 is 2.22 bits per heavy atom. The first kappa shape index (κ1) is 16.6. The van der Waals surface area contributed by atoms with Crippen molar-refractivity contribution in [2.24, 2.45) is 5.92 Å². The lowest BCUT2D eigenvalue weighted by Crippen LogP contribution is -2.46. The van der Waals surface area contributed by atoms with Gasteiger partial charge in [-0.1, -0.05) is 0 Å². The number of hydrogen-bond acceptors (Lipinski definition) is 7. The van der Waals surface area contributed by atoms with Crippen molar-refractivity contribution in [3.05, 3.63) is 18.5 Å². The summed E-state index contributed by atoms with van der Waals surface area (Å²) >= 11 is 0. The maximum Gasteiger partial charge on any atom is 0.222 e. The largest absolute Gasteiger partial charge is 0.377 e. The third kappa shape index (κ3) is 4.17. The van der Waals surface area contributed by atoms with Crippen LogP contribution in [0, 0.1) is 5.92 Å². The van der Waals surface area contributed by atoms with Crippen LogP contribution in [-0.2, 0) is 19.5 Å². The number of rotatable bonds is 4. The molecule has 3 rings (SSSR count). The number of nitrogens with one attached hydrogen (secondary N) is 1. The summed E-state index contributed by atoms with van der Waals surface area (Å²) in [5, 5.41) is 3.19. The summed E-state index contributed by atoms with van der Waals surface area (Å²) in [7, 11) is -3.25. The molecule has 0 bridgehead atoms. The van der Waals surface area contributed by atoms with Gasteiger partial charge in [0, 0.05) is 37.9 Å².